The number of rotatable bonds is 6. The monoisotopic (exact) mass is 433 g/mol. The highest BCUT2D eigenvalue weighted by Gasteiger charge is 2.27. The zero-order valence-electron chi connectivity index (χ0n) is 19.0. The SMILES string of the molecule is COc1cc2nc(CN3CCCC[C@H]3c3ccccn3)nc(N3CCCC3)c2cc1OC. The van der Waals surface area contributed by atoms with Gasteiger partial charge in [-0.25, -0.2) is 9.97 Å². The van der Waals surface area contributed by atoms with E-state index in [1.165, 1.54) is 25.7 Å². The van der Waals surface area contributed by atoms with E-state index in [9.17, 15) is 0 Å². The first-order valence-corrected chi connectivity index (χ1v) is 11.6. The summed E-state index contributed by atoms with van der Waals surface area (Å²) in [6.45, 7) is 3.81. The van der Waals surface area contributed by atoms with Crippen molar-refractivity contribution in [2.24, 2.45) is 0 Å². The highest BCUT2D eigenvalue weighted by atomic mass is 16.5. The zero-order valence-corrected chi connectivity index (χ0v) is 19.0. The lowest BCUT2D eigenvalue weighted by Gasteiger charge is -2.35. The molecule has 32 heavy (non-hydrogen) atoms. The minimum absolute atomic E-state index is 0.310. The highest BCUT2D eigenvalue weighted by Crippen LogP contribution is 2.37. The van der Waals surface area contributed by atoms with Gasteiger partial charge in [-0.1, -0.05) is 12.5 Å². The van der Waals surface area contributed by atoms with E-state index in [2.05, 4.69) is 26.9 Å². The number of hydrogen-bond donors (Lipinski definition) is 0. The molecule has 0 aliphatic carbocycles. The lowest BCUT2D eigenvalue weighted by molar-refractivity contribution is 0.134. The lowest BCUT2D eigenvalue weighted by Crippen LogP contribution is -2.34. The van der Waals surface area contributed by atoms with Gasteiger partial charge in [0.15, 0.2) is 11.5 Å². The van der Waals surface area contributed by atoms with Gasteiger partial charge in [-0.3, -0.25) is 9.88 Å². The number of fused-ring (bicyclic) bond motifs is 1. The van der Waals surface area contributed by atoms with E-state index < -0.39 is 0 Å². The van der Waals surface area contributed by atoms with E-state index in [4.69, 9.17) is 19.4 Å². The Morgan fingerprint density at radius 1 is 0.938 bits per heavy atom. The topological polar surface area (TPSA) is 63.6 Å². The van der Waals surface area contributed by atoms with Crippen LogP contribution in [0.5, 0.6) is 11.5 Å². The number of anilines is 1. The van der Waals surface area contributed by atoms with Gasteiger partial charge in [0.25, 0.3) is 0 Å². The van der Waals surface area contributed by atoms with Crippen molar-refractivity contribution in [2.75, 3.05) is 38.8 Å². The third-order valence-electron chi connectivity index (χ3n) is 6.62. The Kier molecular flexibility index (Phi) is 6.08. The van der Waals surface area contributed by atoms with Gasteiger partial charge < -0.3 is 14.4 Å². The molecule has 168 valence electrons. The summed E-state index contributed by atoms with van der Waals surface area (Å²) in [5.41, 5.74) is 2.04. The average Bonchev–Trinajstić information content (AvgIpc) is 3.38. The van der Waals surface area contributed by atoms with Crippen LogP contribution in [-0.4, -0.2) is 53.7 Å². The number of hydrogen-bond acceptors (Lipinski definition) is 7. The molecule has 2 saturated heterocycles. The summed E-state index contributed by atoms with van der Waals surface area (Å²) in [6, 6.07) is 10.5. The van der Waals surface area contributed by atoms with E-state index >= 15 is 0 Å². The highest BCUT2D eigenvalue weighted by molar-refractivity contribution is 5.92. The Morgan fingerprint density at radius 2 is 1.72 bits per heavy atom. The van der Waals surface area contributed by atoms with Crippen molar-refractivity contribution in [2.45, 2.75) is 44.7 Å². The van der Waals surface area contributed by atoms with Crippen molar-refractivity contribution in [1.82, 2.24) is 19.9 Å². The van der Waals surface area contributed by atoms with Crippen molar-refractivity contribution in [1.29, 1.82) is 0 Å². The van der Waals surface area contributed by atoms with Crippen LogP contribution in [0.15, 0.2) is 36.5 Å². The fraction of sp³-hybridized carbons (Fsp3) is 0.480. The molecule has 2 aromatic heterocycles. The molecule has 0 spiro atoms. The molecule has 0 radical (unpaired) electrons. The van der Waals surface area contributed by atoms with Crippen LogP contribution in [0.25, 0.3) is 10.9 Å². The van der Waals surface area contributed by atoms with Crippen molar-refractivity contribution < 1.29 is 9.47 Å². The molecule has 4 heterocycles. The van der Waals surface area contributed by atoms with Crippen LogP contribution in [0.2, 0.25) is 0 Å². The normalized spacial score (nSPS) is 19.4. The van der Waals surface area contributed by atoms with Crippen molar-refractivity contribution >= 4 is 16.7 Å². The number of likely N-dealkylation sites (tertiary alicyclic amines) is 1. The fourth-order valence-electron chi connectivity index (χ4n) is 5.00. The third kappa shape index (κ3) is 4.09. The number of piperidine rings is 1. The number of pyridine rings is 1. The van der Waals surface area contributed by atoms with Crippen LogP contribution >= 0.6 is 0 Å². The maximum absolute atomic E-state index is 5.56. The predicted molar refractivity (Wildman–Crippen MR) is 125 cm³/mol. The molecule has 0 saturated carbocycles. The molecular weight excluding hydrogens is 402 g/mol. The minimum atomic E-state index is 0.310. The first-order valence-electron chi connectivity index (χ1n) is 11.6. The van der Waals surface area contributed by atoms with E-state index in [1.54, 1.807) is 14.2 Å². The van der Waals surface area contributed by atoms with Crippen LogP contribution < -0.4 is 14.4 Å². The molecule has 2 aliphatic heterocycles. The molecule has 0 unspecified atom stereocenters. The first kappa shape index (κ1) is 20.9. The van der Waals surface area contributed by atoms with Crippen molar-refractivity contribution in [3.8, 4) is 11.5 Å². The summed E-state index contributed by atoms with van der Waals surface area (Å²) in [6.07, 6.45) is 7.83. The summed E-state index contributed by atoms with van der Waals surface area (Å²) in [5.74, 6) is 3.27. The Bertz CT molecular complexity index is 1070. The Hall–Kier alpha value is -2.93. The van der Waals surface area contributed by atoms with E-state index in [1.807, 2.05) is 24.4 Å². The molecule has 7 nitrogen and oxygen atoms in total. The molecule has 7 heteroatoms. The van der Waals surface area contributed by atoms with Gasteiger partial charge in [0, 0.05) is 30.7 Å². The van der Waals surface area contributed by atoms with Crippen LogP contribution in [0.1, 0.15) is 49.7 Å². The molecule has 5 rings (SSSR count). The molecule has 0 bridgehead atoms. The molecule has 1 aromatic carbocycles. The Balaban J connectivity index is 1.54. The molecule has 0 amide bonds. The van der Waals surface area contributed by atoms with Crippen molar-refractivity contribution in [3.63, 3.8) is 0 Å². The second-order valence-corrected chi connectivity index (χ2v) is 8.62. The van der Waals surface area contributed by atoms with Gasteiger partial charge in [0.05, 0.1) is 38.0 Å². The van der Waals surface area contributed by atoms with Gasteiger partial charge in [-0.15, -0.1) is 0 Å². The van der Waals surface area contributed by atoms with Crippen LogP contribution in [-0.2, 0) is 6.54 Å². The average molecular weight is 434 g/mol. The summed E-state index contributed by atoms with van der Waals surface area (Å²) < 4.78 is 11.1. The smallest absolute Gasteiger partial charge is 0.162 e. The molecule has 1 atom stereocenters. The Morgan fingerprint density at radius 3 is 2.47 bits per heavy atom. The quantitative estimate of drug-likeness (QED) is 0.572. The maximum atomic E-state index is 5.56. The number of nitrogens with zero attached hydrogens (tertiary/aromatic N) is 5. The molecular formula is C25H31N5O2. The van der Waals surface area contributed by atoms with E-state index in [0.29, 0.717) is 24.1 Å². The fourth-order valence-corrected chi connectivity index (χ4v) is 5.00. The number of benzene rings is 1. The number of methoxy groups -OCH3 is 2. The molecule has 2 fully saturated rings. The lowest BCUT2D eigenvalue weighted by atomic mass is 9.99. The van der Waals surface area contributed by atoms with Gasteiger partial charge in [-0.2, -0.15) is 0 Å². The second-order valence-electron chi connectivity index (χ2n) is 8.62. The standard InChI is InChI=1S/C25H31N5O2/c1-31-22-15-18-20(16-23(22)32-2)27-24(28-25(18)29-12-7-8-13-29)17-30-14-6-4-10-21(30)19-9-3-5-11-26-19/h3,5,9,11,15-16,21H,4,6-8,10,12-14,17H2,1-2H3/t21-/m0/s1. The van der Waals surface area contributed by atoms with Crippen LogP contribution in [0, 0.1) is 0 Å². The van der Waals surface area contributed by atoms with Crippen LogP contribution in [0.3, 0.4) is 0 Å². The first-order chi connectivity index (χ1) is 15.8. The van der Waals surface area contributed by atoms with Crippen LogP contribution in [0.4, 0.5) is 5.82 Å². The summed E-state index contributed by atoms with van der Waals surface area (Å²) >= 11 is 0. The maximum Gasteiger partial charge on any atom is 0.162 e. The number of aromatic nitrogens is 3. The van der Waals surface area contributed by atoms with E-state index in [-0.39, 0.29) is 0 Å². The summed E-state index contributed by atoms with van der Waals surface area (Å²) in [7, 11) is 3.33. The van der Waals surface area contributed by atoms with Gasteiger partial charge in [0.1, 0.15) is 11.6 Å². The van der Waals surface area contributed by atoms with Gasteiger partial charge in [0.2, 0.25) is 0 Å². The van der Waals surface area contributed by atoms with Crippen molar-refractivity contribution in [3.05, 3.63) is 48.0 Å². The summed E-state index contributed by atoms with van der Waals surface area (Å²) in [5, 5.41) is 1.02. The Labute approximate surface area is 189 Å². The largest absolute Gasteiger partial charge is 0.493 e. The minimum Gasteiger partial charge on any atom is -0.493 e. The number of ether oxygens (including phenoxy) is 2. The molecule has 2 aliphatic rings. The van der Waals surface area contributed by atoms with E-state index in [0.717, 1.165) is 54.3 Å². The predicted octanol–water partition coefficient (Wildman–Crippen LogP) is 4.37. The summed E-state index contributed by atoms with van der Waals surface area (Å²) in [4.78, 5) is 19.6. The third-order valence-corrected chi connectivity index (χ3v) is 6.62. The second kappa shape index (κ2) is 9.28. The van der Waals surface area contributed by atoms with Gasteiger partial charge >= 0.3 is 0 Å². The molecule has 3 aromatic rings. The zero-order chi connectivity index (χ0) is 21.9. The van der Waals surface area contributed by atoms with Gasteiger partial charge in [-0.05, 0) is 50.4 Å². The molecule has 0 N–H and O–H groups in total.